The van der Waals surface area contributed by atoms with Gasteiger partial charge in [-0.15, -0.1) is 0 Å². The van der Waals surface area contributed by atoms with Crippen LogP contribution in [0.5, 0.6) is 5.75 Å². The number of likely N-dealkylation sites (tertiary alicyclic amines) is 1. The number of fused-ring (bicyclic) bond motifs is 1. The summed E-state index contributed by atoms with van der Waals surface area (Å²) in [6.07, 6.45) is 0. The second-order valence-corrected chi connectivity index (χ2v) is 7.63. The van der Waals surface area contributed by atoms with Gasteiger partial charge < -0.3 is 19.8 Å². The highest BCUT2D eigenvalue weighted by Gasteiger charge is 2.46. The number of carbonyl (C=O) groups is 2. The van der Waals surface area contributed by atoms with E-state index >= 15 is 0 Å². The van der Waals surface area contributed by atoms with Crippen molar-refractivity contribution in [3.05, 3.63) is 82.4 Å². The van der Waals surface area contributed by atoms with Crippen LogP contribution in [0.25, 0.3) is 16.5 Å². The standard InChI is InChI=1S/C24H20ClNO5/c1-31-12-11-26-21(15-9-10-19(27)18(25)13-15)20(23(29)24(26)30)22(28)17-8-4-6-14-5-2-3-7-16(14)17/h2-10,13,21,27-28H,11-12H2,1H3/b22-20-. The summed E-state index contributed by atoms with van der Waals surface area (Å²) in [4.78, 5) is 27.2. The molecule has 0 aromatic heterocycles. The van der Waals surface area contributed by atoms with E-state index in [-0.39, 0.29) is 35.3 Å². The van der Waals surface area contributed by atoms with Crippen LogP contribution in [0.3, 0.4) is 0 Å². The first kappa shape index (κ1) is 20.9. The molecular formula is C24H20ClNO5. The minimum atomic E-state index is -0.868. The lowest BCUT2D eigenvalue weighted by atomic mass is 9.93. The summed E-state index contributed by atoms with van der Waals surface area (Å²) in [5, 5.41) is 22.8. The number of benzene rings is 3. The van der Waals surface area contributed by atoms with E-state index in [4.69, 9.17) is 16.3 Å². The monoisotopic (exact) mass is 437 g/mol. The lowest BCUT2D eigenvalue weighted by Gasteiger charge is -2.25. The predicted octanol–water partition coefficient (Wildman–Crippen LogP) is 4.27. The molecular weight excluding hydrogens is 418 g/mol. The van der Waals surface area contributed by atoms with Crippen LogP contribution in [0.15, 0.2) is 66.2 Å². The minimum absolute atomic E-state index is 0.0285. The van der Waals surface area contributed by atoms with Gasteiger partial charge in [0.25, 0.3) is 11.7 Å². The third-order valence-corrected chi connectivity index (χ3v) is 5.71. The molecule has 3 aromatic rings. The molecule has 7 heteroatoms. The molecule has 158 valence electrons. The Morgan fingerprint density at radius 3 is 2.58 bits per heavy atom. The van der Waals surface area contributed by atoms with Crippen LogP contribution in [0.2, 0.25) is 5.02 Å². The average Bonchev–Trinajstić information content (AvgIpc) is 3.03. The van der Waals surface area contributed by atoms with Gasteiger partial charge in [-0.05, 0) is 28.5 Å². The zero-order valence-corrected chi connectivity index (χ0v) is 17.5. The number of aliphatic hydroxyl groups excluding tert-OH is 1. The van der Waals surface area contributed by atoms with Crippen molar-refractivity contribution in [2.45, 2.75) is 6.04 Å². The first-order chi connectivity index (χ1) is 14.9. The number of phenolic OH excluding ortho intramolecular Hbond substituents is 1. The molecule has 1 aliphatic heterocycles. The van der Waals surface area contributed by atoms with E-state index in [1.54, 1.807) is 18.2 Å². The minimum Gasteiger partial charge on any atom is -0.507 e. The fourth-order valence-corrected chi connectivity index (χ4v) is 4.11. The Labute approximate surface area is 183 Å². The summed E-state index contributed by atoms with van der Waals surface area (Å²) in [7, 11) is 1.50. The number of rotatable bonds is 5. The number of nitrogens with zero attached hydrogens (tertiary/aromatic N) is 1. The Hall–Kier alpha value is -3.35. The van der Waals surface area contributed by atoms with Gasteiger partial charge in [0.1, 0.15) is 11.5 Å². The smallest absolute Gasteiger partial charge is 0.295 e. The maximum atomic E-state index is 13.0. The summed E-state index contributed by atoms with van der Waals surface area (Å²) in [6.45, 7) is 0.361. The third-order valence-electron chi connectivity index (χ3n) is 5.41. The molecule has 0 saturated carbocycles. The quantitative estimate of drug-likeness (QED) is 0.353. The number of carbonyl (C=O) groups excluding carboxylic acids is 2. The highest BCUT2D eigenvalue weighted by Crippen LogP contribution is 2.41. The molecule has 1 atom stereocenters. The van der Waals surface area contributed by atoms with Crippen molar-refractivity contribution < 1.29 is 24.5 Å². The summed E-state index contributed by atoms with van der Waals surface area (Å²) in [5.74, 6) is -1.89. The highest BCUT2D eigenvalue weighted by molar-refractivity contribution is 6.46. The van der Waals surface area contributed by atoms with Gasteiger partial charge in [0, 0.05) is 19.2 Å². The van der Waals surface area contributed by atoms with Crippen molar-refractivity contribution in [1.82, 2.24) is 4.90 Å². The molecule has 31 heavy (non-hydrogen) atoms. The maximum Gasteiger partial charge on any atom is 0.295 e. The molecule has 4 rings (SSSR count). The number of amides is 1. The number of ketones is 1. The lowest BCUT2D eigenvalue weighted by Crippen LogP contribution is -2.32. The number of phenols is 1. The normalized spacial score (nSPS) is 18.1. The molecule has 3 aromatic carbocycles. The van der Waals surface area contributed by atoms with Crippen molar-refractivity contribution in [3.63, 3.8) is 0 Å². The van der Waals surface area contributed by atoms with Crippen LogP contribution in [0.1, 0.15) is 17.2 Å². The zero-order valence-electron chi connectivity index (χ0n) is 16.7. The van der Waals surface area contributed by atoms with E-state index in [9.17, 15) is 19.8 Å². The Morgan fingerprint density at radius 1 is 1.10 bits per heavy atom. The second-order valence-electron chi connectivity index (χ2n) is 7.22. The zero-order chi connectivity index (χ0) is 22.1. The van der Waals surface area contributed by atoms with Crippen molar-refractivity contribution in [2.24, 2.45) is 0 Å². The summed E-state index contributed by atoms with van der Waals surface area (Å²) in [5.41, 5.74) is 0.928. The number of ether oxygens (including phenoxy) is 1. The predicted molar refractivity (Wildman–Crippen MR) is 118 cm³/mol. The number of hydrogen-bond acceptors (Lipinski definition) is 5. The fraction of sp³-hybridized carbons (Fsp3) is 0.167. The Morgan fingerprint density at radius 2 is 1.84 bits per heavy atom. The summed E-state index contributed by atoms with van der Waals surface area (Å²) >= 11 is 6.10. The van der Waals surface area contributed by atoms with Gasteiger partial charge in [-0.1, -0.05) is 60.1 Å². The largest absolute Gasteiger partial charge is 0.507 e. The van der Waals surface area contributed by atoms with Gasteiger partial charge in [-0.2, -0.15) is 0 Å². The maximum absolute atomic E-state index is 13.0. The number of methoxy groups -OCH3 is 1. The van der Waals surface area contributed by atoms with Crippen LogP contribution in [-0.4, -0.2) is 47.1 Å². The van der Waals surface area contributed by atoms with Crippen LogP contribution < -0.4 is 0 Å². The van der Waals surface area contributed by atoms with Gasteiger partial charge >= 0.3 is 0 Å². The third kappa shape index (κ3) is 3.65. The van der Waals surface area contributed by atoms with Gasteiger partial charge in [-0.25, -0.2) is 0 Å². The molecule has 1 aliphatic rings. The van der Waals surface area contributed by atoms with Crippen LogP contribution >= 0.6 is 11.6 Å². The molecule has 0 radical (unpaired) electrons. The molecule has 1 heterocycles. The van der Waals surface area contributed by atoms with E-state index in [1.165, 1.54) is 24.1 Å². The number of hydrogen-bond donors (Lipinski definition) is 2. The van der Waals surface area contributed by atoms with E-state index in [1.807, 2.05) is 30.3 Å². The molecule has 6 nitrogen and oxygen atoms in total. The van der Waals surface area contributed by atoms with Gasteiger partial charge in [0.2, 0.25) is 0 Å². The first-order valence-corrected chi connectivity index (χ1v) is 10.1. The Balaban J connectivity index is 1.95. The molecule has 1 fully saturated rings. The lowest BCUT2D eigenvalue weighted by molar-refractivity contribution is -0.140. The van der Waals surface area contributed by atoms with Crippen molar-refractivity contribution >= 4 is 39.8 Å². The summed E-state index contributed by atoms with van der Waals surface area (Å²) in [6, 6.07) is 16.5. The number of aromatic hydroxyl groups is 1. The fourth-order valence-electron chi connectivity index (χ4n) is 3.92. The SMILES string of the molecule is COCCN1C(=O)C(=O)/C(=C(\O)c2cccc3ccccc23)C1c1ccc(O)c(Cl)c1. The van der Waals surface area contributed by atoms with Crippen molar-refractivity contribution in [2.75, 3.05) is 20.3 Å². The first-order valence-electron chi connectivity index (χ1n) is 9.68. The van der Waals surface area contributed by atoms with Crippen molar-refractivity contribution in [1.29, 1.82) is 0 Å². The van der Waals surface area contributed by atoms with Gasteiger partial charge in [0.05, 0.1) is 23.2 Å². The second kappa shape index (κ2) is 8.41. The van der Waals surface area contributed by atoms with Gasteiger partial charge in [-0.3, -0.25) is 9.59 Å². The molecule has 1 saturated heterocycles. The van der Waals surface area contributed by atoms with E-state index in [0.29, 0.717) is 11.1 Å². The topological polar surface area (TPSA) is 87.1 Å². The highest BCUT2D eigenvalue weighted by atomic mass is 35.5. The molecule has 0 bridgehead atoms. The van der Waals surface area contributed by atoms with E-state index < -0.39 is 17.7 Å². The number of aliphatic hydroxyl groups is 1. The molecule has 2 N–H and O–H groups in total. The van der Waals surface area contributed by atoms with Crippen LogP contribution in [0.4, 0.5) is 0 Å². The Bertz CT molecular complexity index is 1210. The van der Waals surface area contributed by atoms with Crippen molar-refractivity contribution in [3.8, 4) is 5.75 Å². The Kier molecular flexibility index (Phi) is 5.67. The van der Waals surface area contributed by atoms with Crippen LogP contribution in [-0.2, 0) is 14.3 Å². The number of Topliss-reactive ketones (excluding diaryl/α,β-unsaturated/α-hetero) is 1. The number of halogens is 1. The molecule has 1 unspecified atom stereocenters. The molecule has 1 amide bonds. The molecule has 0 spiro atoms. The molecule has 0 aliphatic carbocycles. The van der Waals surface area contributed by atoms with Gasteiger partial charge in [0.15, 0.2) is 0 Å². The summed E-state index contributed by atoms with van der Waals surface area (Å²) < 4.78 is 5.10. The van der Waals surface area contributed by atoms with Crippen LogP contribution in [0, 0.1) is 0 Å². The van der Waals surface area contributed by atoms with E-state index in [0.717, 1.165) is 10.8 Å². The van der Waals surface area contributed by atoms with E-state index in [2.05, 4.69) is 0 Å². The average molecular weight is 438 g/mol.